The van der Waals surface area contributed by atoms with Crippen molar-refractivity contribution in [2.75, 3.05) is 116 Å². The Morgan fingerprint density at radius 1 is 0.771 bits per heavy atom. The van der Waals surface area contributed by atoms with Crippen molar-refractivity contribution < 1.29 is 38.4 Å². The molecule has 6 rings (SSSR count). The number of nitrogens with two attached hydrogens (primary N) is 1. The van der Waals surface area contributed by atoms with Crippen molar-refractivity contribution in [2.24, 2.45) is 21.9 Å². The van der Waals surface area contributed by atoms with Gasteiger partial charge in [0.25, 0.3) is 5.91 Å². The number of benzene rings is 3. The number of para-hydroxylation sites is 2. The van der Waals surface area contributed by atoms with Crippen LogP contribution < -0.4 is 26.6 Å². The summed E-state index contributed by atoms with van der Waals surface area (Å²) in [6.45, 7) is 10.2. The standard InChI is InChI=1S/C51H71N11O8/c52-19-18-40-12-17-47(63)45(37-40)60-59-43-15-13-41(14-16-43)49(64)56-22-8-28-67-30-32-69-34-36-70-35-33-68-31-29-66-27-7-21-53-20-4-1-5-26-62-46-11-3-2-10-44(46)57-51(62)58-50(65)42-9-6-25-61(39-42)48-38-54-23-24-55-48/h2-3,10-17,23-24,37-38,42,53,63H,1,4-9,18-22,25-36,39,52H2,(H,56,64)(H,57,58,65)/t42-/m0/s1. The molecule has 1 aliphatic heterocycles. The fraction of sp³-hybridized carbons (Fsp3) is 0.510. The van der Waals surface area contributed by atoms with Crippen molar-refractivity contribution in [3.05, 3.63) is 96.4 Å². The van der Waals surface area contributed by atoms with Crippen molar-refractivity contribution in [1.29, 1.82) is 0 Å². The smallest absolute Gasteiger partial charge is 0.251 e. The molecule has 0 unspecified atom stereocenters. The normalized spacial score (nSPS) is 13.9. The molecular formula is C51H71N11O8. The largest absolute Gasteiger partial charge is 0.506 e. The summed E-state index contributed by atoms with van der Waals surface area (Å²) in [4.78, 5) is 41.5. The topological polar surface area (TPSA) is 234 Å². The van der Waals surface area contributed by atoms with Gasteiger partial charge in [-0.15, -0.1) is 5.11 Å². The average molecular weight is 966 g/mol. The lowest BCUT2D eigenvalue weighted by Crippen LogP contribution is -2.41. The van der Waals surface area contributed by atoms with Crippen LogP contribution in [0.1, 0.15) is 60.9 Å². The van der Waals surface area contributed by atoms with E-state index in [4.69, 9.17) is 34.4 Å². The van der Waals surface area contributed by atoms with Gasteiger partial charge in [-0.05, 0) is 119 Å². The number of hydrogen-bond donors (Lipinski definition) is 5. The molecule has 0 bridgehead atoms. The van der Waals surface area contributed by atoms with E-state index in [9.17, 15) is 14.7 Å². The molecule has 0 spiro atoms. The van der Waals surface area contributed by atoms with Crippen LogP contribution in [0, 0.1) is 5.92 Å². The van der Waals surface area contributed by atoms with Crippen LogP contribution in [-0.2, 0) is 41.4 Å². The Labute approximate surface area is 410 Å². The van der Waals surface area contributed by atoms with E-state index in [1.54, 1.807) is 61.1 Å². The highest BCUT2D eigenvalue weighted by atomic mass is 16.6. The van der Waals surface area contributed by atoms with Gasteiger partial charge in [0, 0.05) is 57.3 Å². The maximum Gasteiger partial charge on any atom is 0.251 e. The van der Waals surface area contributed by atoms with Crippen LogP contribution in [0.2, 0.25) is 0 Å². The van der Waals surface area contributed by atoms with Gasteiger partial charge in [-0.2, -0.15) is 5.11 Å². The molecule has 2 amide bonds. The number of phenols is 1. The number of unbranched alkanes of at least 4 members (excludes halogenated alkanes) is 2. The number of amides is 2. The summed E-state index contributed by atoms with van der Waals surface area (Å²) in [7, 11) is 0. The molecule has 6 N–H and O–H groups in total. The molecule has 1 saturated heterocycles. The number of aromatic nitrogens is 4. The first kappa shape index (κ1) is 53.4. The number of azo groups is 1. The Morgan fingerprint density at radius 2 is 1.47 bits per heavy atom. The minimum Gasteiger partial charge on any atom is -0.506 e. The van der Waals surface area contributed by atoms with E-state index in [2.05, 4.69) is 51.7 Å². The summed E-state index contributed by atoms with van der Waals surface area (Å²) in [5, 5.41) is 27.9. The Bertz CT molecular complexity index is 2300. The summed E-state index contributed by atoms with van der Waals surface area (Å²) in [6.07, 6.45) is 12.3. The lowest BCUT2D eigenvalue weighted by molar-refractivity contribution is -0.120. The monoisotopic (exact) mass is 966 g/mol. The molecule has 0 aliphatic carbocycles. The van der Waals surface area contributed by atoms with Gasteiger partial charge in [0.2, 0.25) is 11.9 Å². The Hall–Kier alpha value is -5.93. The van der Waals surface area contributed by atoms with Gasteiger partial charge in [0.05, 0.1) is 81.7 Å². The van der Waals surface area contributed by atoms with E-state index in [0.717, 1.165) is 87.1 Å². The average Bonchev–Trinajstić information content (AvgIpc) is 3.74. The first-order chi connectivity index (χ1) is 34.5. The van der Waals surface area contributed by atoms with E-state index >= 15 is 0 Å². The van der Waals surface area contributed by atoms with E-state index in [1.165, 1.54) is 0 Å². The third-order valence-electron chi connectivity index (χ3n) is 11.5. The SMILES string of the molecule is NCCc1ccc(O)c(N=Nc2ccc(C(=O)NCCCOCCOCCOCCOCCOCCCNCCCCCn3c(NC(=O)[C@H]4CCCN(c5cnccn5)C4)nc4ccccc43)cc2)c1. The molecule has 1 atom stereocenters. The number of anilines is 2. The first-order valence-corrected chi connectivity index (χ1v) is 24.7. The molecular weight excluding hydrogens is 895 g/mol. The number of hydrogen-bond acceptors (Lipinski definition) is 16. The summed E-state index contributed by atoms with van der Waals surface area (Å²) in [5.74, 6) is 1.13. The maximum atomic E-state index is 13.5. The summed E-state index contributed by atoms with van der Waals surface area (Å²) < 4.78 is 30.2. The van der Waals surface area contributed by atoms with Crippen molar-refractivity contribution >= 4 is 46.0 Å². The van der Waals surface area contributed by atoms with E-state index in [0.29, 0.717) is 121 Å². The van der Waals surface area contributed by atoms with Gasteiger partial charge >= 0.3 is 0 Å². The van der Waals surface area contributed by atoms with E-state index in [-0.39, 0.29) is 23.5 Å². The van der Waals surface area contributed by atoms with Crippen molar-refractivity contribution in [2.45, 2.75) is 57.9 Å². The number of imidazole rings is 1. The van der Waals surface area contributed by atoms with Crippen LogP contribution in [0.25, 0.3) is 11.0 Å². The van der Waals surface area contributed by atoms with Crippen LogP contribution in [0.5, 0.6) is 5.75 Å². The number of carbonyl (C=O) groups is 2. The molecule has 70 heavy (non-hydrogen) atoms. The second kappa shape index (κ2) is 31.3. The highest BCUT2D eigenvalue weighted by molar-refractivity contribution is 5.94. The maximum absolute atomic E-state index is 13.5. The Kier molecular flexibility index (Phi) is 23.9. The highest BCUT2D eigenvalue weighted by Gasteiger charge is 2.28. The van der Waals surface area contributed by atoms with Crippen LogP contribution in [-0.4, -0.2) is 142 Å². The van der Waals surface area contributed by atoms with Crippen LogP contribution in [0.4, 0.5) is 23.1 Å². The zero-order valence-corrected chi connectivity index (χ0v) is 40.4. The third-order valence-corrected chi connectivity index (χ3v) is 11.5. The van der Waals surface area contributed by atoms with E-state index in [1.807, 2.05) is 18.2 Å². The molecule has 2 aromatic heterocycles. The van der Waals surface area contributed by atoms with Crippen molar-refractivity contribution in [3.8, 4) is 5.75 Å². The number of nitrogens with zero attached hydrogens (tertiary/aromatic N) is 7. The molecule has 0 radical (unpaired) electrons. The fourth-order valence-electron chi connectivity index (χ4n) is 7.81. The number of aryl methyl sites for hydroxylation is 1. The number of aromatic hydroxyl groups is 1. The van der Waals surface area contributed by atoms with Crippen molar-refractivity contribution in [1.82, 2.24) is 30.2 Å². The molecule has 19 heteroatoms. The molecule has 3 aromatic carbocycles. The summed E-state index contributed by atoms with van der Waals surface area (Å²) in [5.41, 5.74) is 9.94. The van der Waals surface area contributed by atoms with Crippen molar-refractivity contribution in [3.63, 3.8) is 0 Å². The highest BCUT2D eigenvalue weighted by Crippen LogP contribution is 2.30. The number of piperidine rings is 1. The van der Waals surface area contributed by atoms with Gasteiger partial charge < -0.3 is 54.6 Å². The number of phenolic OH excluding ortho intramolecular Hbond substituents is 1. The predicted molar refractivity (Wildman–Crippen MR) is 269 cm³/mol. The second-order valence-electron chi connectivity index (χ2n) is 16.9. The first-order valence-electron chi connectivity index (χ1n) is 24.7. The number of fused-ring (bicyclic) bond motifs is 1. The fourth-order valence-corrected chi connectivity index (χ4v) is 7.81. The molecule has 3 heterocycles. The molecule has 0 saturated carbocycles. The Balaban J connectivity index is 0.680. The third kappa shape index (κ3) is 18.8. The molecule has 378 valence electrons. The van der Waals surface area contributed by atoms with E-state index < -0.39 is 0 Å². The van der Waals surface area contributed by atoms with Crippen LogP contribution >= 0.6 is 0 Å². The minimum atomic E-state index is -0.183. The molecule has 19 nitrogen and oxygen atoms in total. The van der Waals surface area contributed by atoms with Crippen LogP contribution in [0.3, 0.4) is 0 Å². The zero-order chi connectivity index (χ0) is 48.9. The Morgan fingerprint density at radius 3 is 2.19 bits per heavy atom. The minimum absolute atomic E-state index is 0.00154. The van der Waals surface area contributed by atoms with Gasteiger partial charge in [-0.1, -0.05) is 24.6 Å². The number of rotatable bonds is 34. The van der Waals surface area contributed by atoms with Gasteiger partial charge in [0.15, 0.2) is 0 Å². The van der Waals surface area contributed by atoms with Gasteiger partial charge in [-0.25, -0.2) is 9.97 Å². The predicted octanol–water partition coefficient (Wildman–Crippen LogP) is 6.36. The zero-order valence-electron chi connectivity index (χ0n) is 40.4. The second-order valence-corrected chi connectivity index (χ2v) is 16.9. The lowest BCUT2D eigenvalue weighted by Gasteiger charge is -2.32. The lowest BCUT2D eigenvalue weighted by atomic mass is 9.97. The summed E-state index contributed by atoms with van der Waals surface area (Å²) in [6, 6.07) is 20.0. The number of nitrogens with one attached hydrogen (secondary N) is 3. The number of ether oxygens (including phenoxy) is 5. The van der Waals surface area contributed by atoms with Crippen LogP contribution in [0.15, 0.2) is 95.5 Å². The molecule has 1 aliphatic rings. The molecule has 1 fully saturated rings. The van der Waals surface area contributed by atoms with Gasteiger partial charge in [-0.3, -0.25) is 19.9 Å². The quantitative estimate of drug-likeness (QED) is 0.0223. The number of carbonyl (C=O) groups excluding carboxylic acids is 2. The molecule has 5 aromatic rings. The van der Waals surface area contributed by atoms with Gasteiger partial charge in [0.1, 0.15) is 17.3 Å². The summed E-state index contributed by atoms with van der Waals surface area (Å²) >= 11 is 0.